The van der Waals surface area contributed by atoms with Gasteiger partial charge in [-0.3, -0.25) is 9.97 Å². The molecule has 0 atom stereocenters. The number of pyridine rings is 2. The second kappa shape index (κ2) is 6.74. The van der Waals surface area contributed by atoms with E-state index in [9.17, 15) is 0 Å². The number of hydrogen-bond acceptors (Lipinski definition) is 2. The molecular formula is C10H10N2Se2. The molecule has 14 heavy (non-hydrogen) atoms. The van der Waals surface area contributed by atoms with E-state index >= 15 is 0 Å². The summed E-state index contributed by atoms with van der Waals surface area (Å²) in [5.74, 6) is 0. The summed E-state index contributed by atoms with van der Waals surface area (Å²) < 4.78 is 0. The Labute approximate surface area is 97.3 Å². The molecule has 0 saturated heterocycles. The summed E-state index contributed by atoms with van der Waals surface area (Å²) in [6.07, 6.45) is 3.54. The van der Waals surface area contributed by atoms with Crippen molar-refractivity contribution >= 4 is 27.3 Å². The van der Waals surface area contributed by atoms with Gasteiger partial charge < -0.3 is 0 Å². The summed E-state index contributed by atoms with van der Waals surface area (Å²) in [7, 11) is 0. The minimum Gasteiger partial charge on any atom is -0.255 e. The van der Waals surface area contributed by atoms with Gasteiger partial charge in [0, 0.05) is 12.4 Å². The minimum absolute atomic E-state index is 0.915. The van der Waals surface area contributed by atoms with Crippen molar-refractivity contribution in [3.63, 3.8) is 0 Å². The van der Waals surface area contributed by atoms with Crippen LogP contribution in [0.15, 0.2) is 48.8 Å². The zero-order chi connectivity index (χ0) is 10.2. The molecule has 2 heterocycles. The van der Waals surface area contributed by atoms with Gasteiger partial charge in [-0.1, -0.05) is 12.1 Å². The Bertz CT molecular complexity index is 327. The fourth-order valence-electron chi connectivity index (χ4n) is 1.03. The Kier molecular flexibility index (Phi) is 5.50. The van der Waals surface area contributed by atoms with Crippen molar-refractivity contribution in [3.8, 4) is 11.4 Å². The van der Waals surface area contributed by atoms with Crippen LogP contribution in [0.4, 0.5) is 0 Å². The van der Waals surface area contributed by atoms with Crippen LogP contribution in [0.2, 0.25) is 0 Å². The minimum atomic E-state index is 0.915. The van der Waals surface area contributed by atoms with E-state index in [1.165, 1.54) is 0 Å². The van der Waals surface area contributed by atoms with Crippen molar-refractivity contribution < 1.29 is 0 Å². The van der Waals surface area contributed by atoms with Gasteiger partial charge in [-0.25, -0.2) is 0 Å². The second-order valence-electron chi connectivity index (χ2n) is 2.43. The molecule has 2 aromatic heterocycles. The van der Waals surface area contributed by atoms with Gasteiger partial charge in [0.1, 0.15) is 0 Å². The van der Waals surface area contributed by atoms with Crippen molar-refractivity contribution in [2.45, 2.75) is 0 Å². The van der Waals surface area contributed by atoms with Crippen LogP contribution in [-0.2, 0) is 0 Å². The van der Waals surface area contributed by atoms with Crippen LogP contribution in [0.25, 0.3) is 11.4 Å². The summed E-state index contributed by atoms with van der Waals surface area (Å²) in [6, 6.07) is 11.6. The van der Waals surface area contributed by atoms with Gasteiger partial charge in [0.25, 0.3) is 0 Å². The first-order chi connectivity index (χ1) is 6.97. The molecule has 2 nitrogen and oxygen atoms in total. The summed E-state index contributed by atoms with van der Waals surface area (Å²) in [5.41, 5.74) is 1.83. The number of nitrogens with zero attached hydrogens (tertiary/aromatic N) is 2. The molecule has 2 rings (SSSR count). The van der Waals surface area contributed by atoms with Crippen molar-refractivity contribution in [1.29, 1.82) is 0 Å². The smallest absolute Gasteiger partial charge is 0.0886 e. The number of rotatable bonds is 1. The molecule has 0 radical (unpaired) electrons. The van der Waals surface area contributed by atoms with Crippen molar-refractivity contribution in [1.82, 2.24) is 9.97 Å². The monoisotopic (exact) mass is 318 g/mol. The molecule has 2 aromatic rings. The molecule has 0 aliphatic rings. The summed E-state index contributed by atoms with van der Waals surface area (Å²) >= 11 is 4.50. The van der Waals surface area contributed by atoms with E-state index in [1.807, 2.05) is 50.1 Å². The molecular weight excluding hydrogens is 306 g/mol. The van der Waals surface area contributed by atoms with E-state index < -0.39 is 0 Å². The Morgan fingerprint density at radius 1 is 0.786 bits per heavy atom. The molecule has 0 unspecified atom stereocenters. The molecule has 0 bridgehead atoms. The fourth-order valence-corrected chi connectivity index (χ4v) is 1.03. The molecule has 0 aliphatic carbocycles. The second-order valence-corrected chi connectivity index (χ2v) is 2.43. The molecule has 4 heteroatoms. The van der Waals surface area contributed by atoms with Gasteiger partial charge in [-0.05, 0) is 24.3 Å². The Balaban J connectivity index is 0.000000461. The van der Waals surface area contributed by atoms with Gasteiger partial charge in [0.15, 0.2) is 0 Å². The van der Waals surface area contributed by atoms with Gasteiger partial charge in [-0.2, -0.15) is 0 Å². The first-order valence-electron chi connectivity index (χ1n) is 4.00. The predicted molar refractivity (Wildman–Crippen MR) is 61.8 cm³/mol. The third-order valence-electron chi connectivity index (χ3n) is 1.59. The Hall–Kier alpha value is -0.661. The van der Waals surface area contributed by atoms with E-state index in [4.69, 9.17) is 0 Å². The van der Waals surface area contributed by atoms with E-state index in [0.29, 0.717) is 0 Å². The van der Waals surface area contributed by atoms with Gasteiger partial charge in [0.2, 0.25) is 0 Å². The average Bonchev–Trinajstić information content (AvgIpc) is 2.34. The third-order valence-corrected chi connectivity index (χ3v) is 1.59. The first kappa shape index (κ1) is 11.4. The maximum absolute atomic E-state index is 4.19. The normalized spacial score (nSPS) is 8.64. The standard InChI is InChI=1S/C10H8N2.H2Se2/c1-3-7-11-9(5-1)10-6-2-4-8-12-10;1-2/h1-8H;1H2. The maximum atomic E-state index is 4.19. The van der Waals surface area contributed by atoms with Crippen molar-refractivity contribution in [2.75, 3.05) is 0 Å². The van der Waals surface area contributed by atoms with Crippen LogP contribution < -0.4 is 0 Å². The van der Waals surface area contributed by atoms with Crippen molar-refractivity contribution in [3.05, 3.63) is 48.8 Å². The van der Waals surface area contributed by atoms with Crippen LogP contribution in [0.5, 0.6) is 0 Å². The van der Waals surface area contributed by atoms with Crippen LogP contribution in [0.1, 0.15) is 0 Å². The van der Waals surface area contributed by atoms with Gasteiger partial charge in [0.05, 0.1) is 11.4 Å². The summed E-state index contributed by atoms with van der Waals surface area (Å²) in [5, 5.41) is 0. The van der Waals surface area contributed by atoms with Gasteiger partial charge in [-0.15, -0.1) is 0 Å². The third kappa shape index (κ3) is 3.24. The van der Waals surface area contributed by atoms with Crippen LogP contribution in [0.3, 0.4) is 0 Å². The molecule has 0 aliphatic heterocycles. The molecule has 0 N–H and O–H groups in total. The summed E-state index contributed by atoms with van der Waals surface area (Å²) in [4.78, 5) is 8.37. The van der Waals surface area contributed by atoms with Crippen molar-refractivity contribution in [2.24, 2.45) is 0 Å². The first-order valence-corrected chi connectivity index (χ1v) is 9.30. The van der Waals surface area contributed by atoms with Crippen LogP contribution in [0, 0.1) is 0 Å². The van der Waals surface area contributed by atoms with Crippen LogP contribution in [-0.4, -0.2) is 37.3 Å². The predicted octanol–water partition coefficient (Wildman–Crippen LogP) is 0.847. The number of aromatic nitrogens is 2. The number of hydrogen-bond donors (Lipinski definition) is 0. The van der Waals surface area contributed by atoms with Crippen LogP contribution >= 0.6 is 0 Å². The fraction of sp³-hybridized carbons (Fsp3) is 0. The Morgan fingerprint density at radius 3 is 1.50 bits per heavy atom. The molecule has 0 amide bonds. The van der Waals surface area contributed by atoms with E-state index in [0.717, 1.165) is 11.4 Å². The molecule has 0 spiro atoms. The van der Waals surface area contributed by atoms with E-state index in [2.05, 4.69) is 23.6 Å². The summed E-state index contributed by atoms with van der Waals surface area (Å²) in [6.45, 7) is 0. The van der Waals surface area contributed by atoms with E-state index in [1.54, 1.807) is 12.4 Å². The quantitative estimate of drug-likeness (QED) is 0.729. The average molecular weight is 316 g/mol. The molecule has 0 saturated carbocycles. The largest absolute Gasteiger partial charge is 0.255 e. The molecule has 0 aromatic carbocycles. The zero-order valence-corrected chi connectivity index (χ0v) is 11.2. The van der Waals surface area contributed by atoms with E-state index in [-0.39, 0.29) is 0 Å². The van der Waals surface area contributed by atoms with Gasteiger partial charge >= 0.3 is 27.3 Å². The molecule has 0 fully saturated rings. The topological polar surface area (TPSA) is 25.8 Å². The molecule has 72 valence electrons. The zero-order valence-electron chi connectivity index (χ0n) is 7.42. The SMILES string of the molecule is [Se]=[SeH2].c1ccc(-c2ccccn2)nc1. The maximum Gasteiger partial charge on any atom is 0.0886 e. The Morgan fingerprint density at radius 2 is 1.21 bits per heavy atom.